The van der Waals surface area contributed by atoms with Gasteiger partial charge in [-0.3, -0.25) is 24.7 Å². The van der Waals surface area contributed by atoms with Gasteiger partial charge in [0.05, 0.1) is 17.2 Å². The maximum Gasteiger partial charge on any atom is 0.269 e. The third kappa shape index (κ3) is 6.20. The fraction of sp³-hybridized carbons (Fsp3) is 0.364. The SMILES string of the molecule is C/C(=N/NC(=O)CN1CCN(Cc2ccc(C)cc2)CC1)c1ccc([N+](=O)[O-])cc1. The molecule has 0 bridgehead atoms. The summed E-state index contributed by atoms with van der Waals surface area (Å²) in [6, 6.07) is 14.7. The highest BCUT2D eigenvalue weighted by molar-refractivity contribution is 5.99. The minimum atomic E-state index is -0.446. The number of carbonyl (C=O) groups is 1. The van der Waals surface area contributed by atoms with Crippen LogP contribution in [0.3, 0.4) is 0 Å². The third-order valence-corrected chi connectivity index (χ3v) is 5.20. The molecule has 1 saturated heterocycles. The van der Waals surface area contributed by atoms with Crippen LogP contribution in [0.2, 0.25) is 0 Å². The fourth-order valence-electron chi connectivity index (χ4n) is 3.33. The first kappa shape index (κ1) is 21.6. The standard InChI is InChI=1S/C22H27N5O3/c1-17-3-5-19(6-4-17)15-25-11-13-26(14-12-25)16-22(28)24-23-18(2)20-7-9-21(10-8-20)27(29)30/h3-10H,11-16H2,1-2H3,(H,24,28)/b23-18-. The van der Waals surface area contributed by atoms with Crippen molar-refractivity contribution in [3.63, 3.8) is 0 Å². The molecular formula is C22H27N5O3. The molecular weight excluding hydrogens is 382 g/mol. The zero-order chi connectivity index (χ0) is 21.5. The number of nitro groups is 1. The molecule has 8 nitrogen and oxygen atoms in total. The number of piperazine rings is 1. The summed E-state index contributed by atoms with van der Waals surface area (Å²) in [6.45, 7) is 8.60. The molecule has 1 fully saturated rings. The van der Waals surface area contributed by atoms with Gasteiger partial charge in [-0.25, -0.2) is 5.43 Å². The predicted octanol–water partition coefficient (Wildman–Crippen LogP) is 2.56. The van der Waals surface area contributed by atoms with Crippen LogP contribution in [0.1, 0.15) is 23.6 Å². The number of hydrogen-bond donors (Lipinski definition) is 1. The summed E-state index contributed by atoms with van der Waals surface area (Å²) in [6.07, 6.45) is 0. The number of hydrazone groups is 1. The van der Waals surface area contributed by atoms with Crippen molar-refractivity contribution in [2.75, 3.05) is 32.7 Å². The minimum absolute atomic E-state index is 0.0251. The van der Waals surface area contributed by atoms with Gasteiger partial charge in [0.1, 0.15) is 0 Å². The highest BCUT2D eigenvalue weighted by Crippen LogP contribution is 2.12. The molecule has 0 radical (unpaired) electrons. The Labute approximate surface area is 176 Å². The first-order chi connectivity index (χ1) is 14.4. The molecule has 0 aliphatic carbocycles. The van der Waals surface area contributed by atoms with Crippen molar-refractivity contribution in [1.82, 2.24) is 15.2 Å². The van der Waals surface area contributed by atoms with E-state index in [0.29, 0.717) is 12.3 Å². The van der Waals surface area contributed by atoms with Crippen LogP contribution >= 0.6 is 0 Å². The monoisotopic (exact) mass is 409 g/mol. The predicted molar refractivity (Wildman–Crippen MR) is 116 cm³/mol. The zero-order valence-corrected chi connectivity index (χ0v) is 17.4. The smallest absolute Gasteiger partial charge is 0.269 e. The molecule has 0 saturated carbocycles. The summed E-state index contributed by atoms with van der Waals surface area (Å²) in [7, 11) is 0. The number of hydrogen-bond acceptors (Lipinski definition) is 6. The third-order valence-electron chi connectivity index (χ3n) is 5.20. The van der Waals surface area contributed by atoms with Gasteiger partial charge in [0, 0.05) is 44.9 Å². The van der Waals surface area contributed by atoms with Crippen molar-refractivity contribution < 1.29 is 9.72 Å². The number of nitrogens with one attached hydrogen (secondary N) is 1. The molecule has 8 heteroatoms. The van der Waals surface area contributed by atoms with Crippen LogP contribution in [0, 0.1) is 17.0 Å². The number of aryl methyl sites for hydroxylation is 1. The average molecular weight is 409 g/mol. The number of non-ortho nitro benzene ring substituents is 1. The minimum Gasteiger partial charge on any atom is -0.297 e. The van der Waals surface area contributed by atoms with E-state index in [-0.39, 0.29) is 11.6 Å². The molecule has 0 spiro atoms. The Balaban J connectivity index is 1.42. The van der Waals surface area contributed by atoms with E-state index in [1.807, 2.05) is 0 Å². The Kier molecular flexibility index (Phi) is 7.26. The van der Waals surface area contributed by atoms with Crippen molar-refractivity contribution in [2.45, 2.75) is 20.4 Å². The molecule has 1 heterocycles. The molecule has 0 atom stereocenters. The molecule has 2 aromatic rings. The van der Waals surface area contributed by atoms with Crippen LogP contribution < -0.4 is 5.43 Å². The number of carbonyl (C=O) groups excluding carboxylic acids is 1. The van der Waals surface area contributed by atoms with Crippen molar-refractivity contribution >= 4 is 17.3 Å². The lowest BCUT2D eigenvalue weighted by Crippen LogP contribution is -2.48. The summed E-state index contributed by atoms with van der Waals surface area (Å²) >= 11 is 0. The van der Waals surface area contributed by atoms with E-state index in [9.17, 15) is 14.9 Å². The highest BCUT2D eigenvalue weighted by atomic mass is 16.6. The van der Waals surface area contributed by atoms with Gasteiger partial charge in [-0.15, -0.1) is 0 Å². The van der Waals surface area contributed by atoms with Crippen molar-refractivity contribution in [3.8, 4) is 0 Å². The topological polar surface area (TPSA) is 91.1 Å². The fourth-order valence-corrected chi connectivity index (χ4v) is 3.33. The van der Waals surface area contributed by atoms with Gasteiger partial charge in [0.15, 0.2) is 0 Å². The maximum absolute atomic E-state index is 12.2. The first-order valence-corrected chi connectivity index (χ1v) is 9.99. The molecule has 1 amide bonds. The second-order valence-electron chi connectivity index (χ2n) is 7.57. The second-order valence-corrected chi connectivity index (χ2v) is 7.57. The summed E-state index contributed by atoms with van der Waals surface area (Å²) in [5.74, 6) is -0.164. The maximum atomic E-state index is 12.2. The summed E-state index contributed by atoms with van der Waals surface area (Å²) in [4.78, 5) is 27.0. The lowest BCUT2D eigenvalue weighted by Gasteiger charge is -2.34. The number of nitro benzene ring substituents is 1. The Bertz CT molecular complexity index is 901. The van der Waals surface area contributed by atoms with E-state index in [1.165, 1.54) is 23.3 Å². The van der Waals surface area contributed by atoms with Crippen LogP contribution in [0.4, 0.5) is 5.69 Å². The second kappa shape index (κ2) is 10.1. The quantitative estimate of drug-likeness (QED) is 0.431. The molecule has 30 heavy (non-hydrogen) atoms. The Morgan fingerprint density at radius 2 is 1.63 bits per heavy atom. The lowest BCUT2D eigenvalue weighted by atomic mass is 10.1. The molecule has 3 rings (SSSR count). The van der Waals surface area contributed by atoms with Crippen LogP contribution in [-0.4, -0.2) is 59.1 Å². The van der Waals surface area contributed by atoms with Gasteiger partial charge >= 0.3 is 0 Å². The van der Waals surface area contributed by atoms with Crippen molar-refractivity contribution in [1.29, 1.82) is 0 Å². The Morgan fingerprint density at radius 3 is 2.23 bits per heavy atom. The van der Waals surface area contributed by atoms with Gasteiger partial charge in [-0.05, 0) is 37.1 Å². The van der Waals surface area contributed by atoms with E-state index < -0.39 is 4.92 Å². The lowest BCUT2D eigenvalue weighted by molar-refractivity contribution is -0.384. The zero-order valence-electron chi connectivity index (χ0n) is 17.4. The molecule has 1 N–H and O–H groups in total. The summed E-state index contributed by atoms with van der Waals surface area (Å²) in [5.41, 5.74) is 6.51. The molecule has 1 aliphatic rings. The number of amides is 1. The van der Waals surface area contributed by atoms with Crippen LogP contribution in [-0.2, 0) is 11.3 Å². The van der Waals surface area contributed by atoms with Crippen molar-refractivity contribution in [2.24, 2.45) is 5.10 Å². The highest BCUT2D eigenvalue weighted by Gasteiger charge is 2.19. The van der Waals surface area contributed by atoms with Crippen LogP contribution in [0.5, 0.6) is 0 Å². The van der Waals surface area contributed by atoms with E-state index in [1.54, 1.807) is 19.1 Å². The van der Waals surface area contributed by atoms with Gasteiger partial charge in [0.2, 0.25) is 0 Å². The largest absolute Gasteiger partial charge is 0.297 e. The van der Waals surface area contributed by atoms with Gasteiger partial charge in [-0.2, -0.15) is 5.10 Å². The van der Waals surface area contributed by atoms with Crippen molar-refractivity contribution in [3.05, 3.63) is 75.3 Å². The van der Waals surface area contributed by atoms with Gasteiger partial charge in [-0.1, -0.05) is 29.8 Å². The molecule has 158 valence electrons. The Morgan fingerprint density at radius 1 is 1.03 bits per heavy atom. The molecule has 0 aromatic heterocycles. The van der Waals surface area contributed by atoms with Crippen LogP contribution in [0.15, 0.2) is 53.6 Å². The summed E-state index contributed by atoms with van der Waals surface area (Å²) in [5, 5.41) is 14.8. The van der Waals surface area contributed by atoms with Crippen LogP contribution in [0.25, 0.3) is 0 Å². The molecule has 0 unspecified atom stereocenters. The average Bonchev–Trinajstić information content (AvgIpc) is 2.75. The normalized spacial score (nSPS) is 15.7. The van der Waals surface area contributed by atoms with Gasteiger partial charge in [0.25, 0.3) is 11.6 Å². The summed E-state index contributed by atoms with van der Waals surface area (Å²) < 4.78 is 0. The van der Waals surface area contributed by atoms with E-state index >= 15 is 0 Å². The number of benzene rings is 2. The number of nitrogens with zero attached hydrogens (tertiary/aromatic N) is 4. The Hall–Kier alpha value is -3.10. The molecule has 2 aromatic carbocycles. The molecule has 1 aliphatic heterocycles. The van der Waals surface area contributed by atoms with E-state index in [4.69, 9.17) is 0 Å². The van der Waals surface area contributed by atoms with E-state index in [2.05, 4.69) is 51.5 Å². The van der Waals surface area contributed by atoms with Gasteiger partial charge < -0.3 is 0 Å². The number of rotatable bonds is 7. The first-order valence-electron chi connectivity index (χ1n) is 9.99. The van der Waals surface area contributed by atoms with E-state index in [0.717, 1.165) is 38.3 Å².